The molecule has 0 aliphatic carbocycles. The van der Waals surface area contributed by atoms with Crippen LogP contribution in [0.4, 0.5) is 10.5 Å². The van der Waals surface area contributed by atoms with Gasteiger partial charge in [-0.25, -0.2) is 4.79 Å². The van der Waals surface area contributed by atoms with Crippen LogP contribution in [0.2, 0.25) is 0 Å². The van der Waals surface area contributed by atoms with Crippen LogP contribution in [0.3, 0.4) is 0 Å². The van der Waals surface area contributed by atoms with Gasteiger partial charge < -0.3 is 15.4 Å². The lowest BCUT2D eigenvalue weighted by atomic mass is 9.97. The van der Waals surface area contributed by atoms with Crippen molar-refractivity contribution in [3.05, 3.63) is 42.5 Å². The van der Waals surface area contributed by atoms with Gasteiger partial charge in [0.05, 0.1) is 0 Å². The fourth-order valence-electron chi connectivity index (χ4n) is 2.12. The van der Waals surface area contributed by atoms with Crippen LogP contribution >= 0.6 is 0 Å². The average molecular weight is 304 g/mol. The second-order valence-corrected chi connectivity index (χ2v) is 6.57. The summed E-state index contributed by atoms with van der Waals surface area (Å²) in [4.78, 5) is 13.9. The normalized spacial score (nSPS) is 12.5. The lowest BCUT2D eigenvalue weighted by Gasteiger charge is -2.27. The third-order valence-corrected chi connectivity index (χ3v) is 3.31. The smallest absolute Gasteiger partial charge is 0.410 e. The highest BCUT2D eigenvalue weighted by Crippen LogP contribution is 2.21. The van der Waals surface area contributed by atoms with Crippen molar-refractivity contribution in [3.63, 3.8) is 0 Å². The van der Waals surface area contributed by atoms with Gasteiger partial charge >= 0.3 is 6.09 Å². The highest BCUT2D eigenvalue weighted by molar-refractivity contribution is 5.68. The van der Waals surface area contributed by atoms with Crippen LogP contribution in [0.1, 0.15) is 45.6 Å². The van der Waals surface area contributed by atoms with Crippen molar-refractivity contribution < 1.29 is 9.53 Å². The molecule has 2 N–H and O–H groups in total. The van der Waals surface area contributed by atoms with Gasteiger partial charge in [-0.3, -0.25) is 0 Å². The summed E-state index contributed by atoms with van der Waals surface area (Å²) < 4.78 is 5.43. The van der Waals surface area contributed by atoms with Gasteiger partial charge in [0.15, 0.2) is 0 Å². The van der Waals surface area contributed by atoms with E-state index in [0.717, 1.165) is 12.1 Å². The maximum atomic E-state index is 12.2. The molecule has 1 atom stereocenters. The van der Waals surface area contributed by atoms with E-state index in [1.807, 2.05) is 39.0 Å². The first kappa shape index (κ1) is 18.1. The number of anilines is 1. The molecule has 1 aromatic carbocycles. The predicted molar refractivity (Wildman–Crippen MR) is 91.9 cm³/mol. The molecule has 122 valence electrons. The van der Waals surface area contributed by atoms with Gasteiger partial charge in [0.25, 0.3) is 0 Å². The highest BCUT2D eigenvalue weighted by Gasteiger charge is 2.21. The Balaban J connectivity index is 2.64. The van der Waals surface area contributed by atoms with Crippen molar-refractivity contribution in [2.75, 3.05) is 18.8 Å². The number of nitrogens with two attached hydrogens (primary N) is 1. The zero-order valence-electron chi connectivity index (χ0n) is 14.1. The number of benzene rings is 1. The molecule has 0 heterocycles. The Morgan fingerprint density at radius 3 is 2.68 bits per heavy atom. The van der Waals surface area contributed by atoms with E-state index in [-0.39, 0.29) is 6.09 Å². The average Bonchev–Trinajstić information content (AvgIpc) is 2.41. The molecule has 1 amide bonds. The van der Waals surface area contributed by atoms with E-state index < -0.39 is 5.60 Å². The molecule has 0 aromatic heterocycles. The number of carbonyl (C=O) groups is 1. The second kappa shape index (κ2) is 7.87. The molecule has 0 spiro atoms. The molecular formula is C18H28N2O2. The minimum absolute atomic E-state index is 0.299. The number of hydrogen-bond donors (Lipinski definition) is 1. The van der Waals surface area contributed by atoms with Gasteiger partial charge in [-0.15, -0.1) is 6.58 Å². The van der Waals surface area contributed by atoms with E-state index >= 15 is 0 Å². The summed E-state index contributed by atoms with van der Waals surface area (Å²) in [5.74, 6) is 0.318. The Labute approximate surface area is 133 Å². The van der Waals surface area contributed by atoms with E-state index in [9.17, 15) is 4.79 Å². The summed E-state index contributed by atoms with van der Waals surface area (Å²) in [7, 11) is 0. The van der Waals surface area contributed by atoms with Crippen molar-refractivity contribution in [1.82, 2.24) is 4.90 Å². The van der Waals surface area contributed by atoms with Gasteiger partial charge in [-0.1, -0.05) is 25.1 Å². The number of ether oxygens (including phenoxy) is 1. The first-order valence-electron chi connectivity index (χ1n) is 7.67. The zero-order chi connectivity index (χ0) is 16.8. The standard InChI is InChI=1S/C18H28N2O2/c1-6-11-20(17(21)22-18(3,4)5)12-10-14(2)15-8-7-9-16(19)13-15/h6-9,13-14H,1,10-12,19H2,2-5H3. The Morgan fingerprint density at radius 2 is 2.14 bits per heavy atom. The van der Waals surface area contributed by atoms with Crippen LogP contribution in [0.15, 0.2) is 36.9 Å². The van der Waals surface area contributed by atoms with Gasteiger partial charge in [0.1, 0.15) is 5.60 Å². The van der Waals surface area contributed by atoms with E-state index in [0.29, 0.717) is 19.0 Å². The van der Waals surface area contributed by atoms with E-state index in [4.69, 9.17) is 10.5 Å². The van der Waals surface area contributed by atoms with E-state index in [2.05, 4.69) is 19.6 Å². The lowest BCUT2D eigenvalue weighted by molar-refractivity contribution is 0.0267. The SMILES string of the molecule is C=CCN(CCC(C)c1cccc(N)c1)C(=O)OC(C)(C)C. The van der Waals surface area contributed by atoms with Crippen LogP contribution < -0.4 is 5.73 Å². The second-order valence-electron chi connectivity index (χ2n) is 6.57. The van der Waals surface area contributed by atoms with Crippen molar-refractivity contribution >= 4 is 11.8 Å². The molecule has 1 unspecified atom stereocenters. The Morgan fingerprint density at radius 1 is 1.45 bits per heavy atom. The van der Waals surface area contributed by atoms with Crippen LogP contribution in [0.25, 0.3) is 0 Å². The summed E-state index contributed by atoms with van der Waals surface area (Å²) in [5, 5.41) is 0. The summed E-state index contributed by atoms with van der Waals surface area (Å²) in [5.41, 5.74) is 7.28. The third kappa shape index (κ3) is 6.20. The van der Waals surface area contributed by atoms with E-state index in [1.165, 1.54) is 5.56 Å². The van der Waals surface area contributed by atoms with Crippen LogP contribution in [-0.4, -0.2) is 29.7 Å². The lowest BCUT2D eigenvalue weighted by Crippen LogP contribution is -2.37. The topological polar surface area (TPSA) is 55.6 Å². The Kier molecular flexibility index (Phi) is 6.47. The van der Waals surface area contributed by atoms with Crippen molar-refractivity contribution in [2.24, 2.45) is 0 Å². The largest absolute Gasteiger partial charge is 0.444 e. The minimum Gasteiger partial charge on any atom is -0.444 e. The first-order chi connectivity index (χ1) is 10.2. The monoisotopic (exact) mass is 304 g/mol. The van der Waals surface area contributed by atoms with Gasteiger partial charge in [0.2, 0.25) is 0 Å². The van der Waals surface area contributed by atoms with Crippen LogP contribution in [0.5, 0.6) is 0 Å². The molecule has 0 fully saturated rings. The predicted octanol–water partition coefficient (Wildman–Crippen LogP) is 4.19. The minimum atomic E-state index is -0.490. The summed E-state index contributed by atoms with van der Waals surface area (Å²) in [6.45, 7) is 12.6. The number of nitrogens with zero attached hydrogens (tertiary/aromatic N) is 1. The zero-order valence-corrected chi connectivity index (χ0v) is 14.1. The quantitative estimate of drug-likeness (QED) is 0.633. The first-order valence-corrected chi connectivity index (χ1v) is 7.67. The molecule has 0 aliphatic rings. The van der Waals surface area contributed by atoms with Crippen molar-refractivity contribution in [3.8, 4) is 0 Å². The fourth-order valence-corrected chi connectivity index (χ4v) is 2.12. The van der Waals surface area contributed by atoms with Gasteiger partial charge in [-0.05, 0) is 50.8 Å². The highest BCUT2D eigenvalue weighted by atomic mass is 16.6. The molecule has 0 bridgehead atoms. The number of nitrogen functional groups attached to an aromatic ring is 1. The molecular weight excluding hydrogens is 276 g/mol. The molecule has 1 aromatic rings. The number of carbonyl (C=O) groups excluding carboxylic acids is 1. The summed E-state index contributed by atoms with van der Waals surface area (Å²) in [6, 6.07) is 7.87. The van der Waals surface area contributed by atoms with Crippen molar-refractivity contribution in [1.29, 1.82) is 0 Å². The molecule has 0 aliphatic heterocycles. The van der Waals surface area contributed by atoms with Crippen LogP contribution in [0, 0.1) is 0 Å². The molecule has 0 saturated carbocycles. The van der Waals surface area contributed by atoms with Crippen molar-refractivity contribution in [2.45, 2.75) is 45.6 Å². The Bertz CT molecular complexity index is 506. The fraction of sp³-hybridized carbons (Fsp3) is 0.500. The van der Waals surface area contributed by atoms with Crippen LogP contribution in [-0.2, 0) is 4.74 Å². The molecule has 22 heavy (non-hydrogen) atoms. The molecule has 0 saturated heterocycles. The summed E-state index contributed by atoms with van der Waals surface area (Å²) in [6.07, 6.45) is 2.26. The number of hydrogen-bond acceptors (Lipinski definition) is 3. The Hall–Kier alpha value is -1.97. The summed E-state index contributed by atoms with van der Waals surface area (Å²) >= 11 is 0. The molecule has 4 heteroatoms. The molecule has 4 nitrogen and oxygen atoms in total. The molecule has 1 rings (SSSR count). The van der Waals surface area contributed by atoms with E-state index in [1.54, 1.807) is 11.0 Å². The number of rotatable bonds is 6. The molecule has 0 radical (unpaired) electrons. The maximum absolute atomic E-state index is 12.2. The maximum Gasteiger partial charge on any atom is 0.410 e. The van der Waals surface area contributed by atoms with Gasteiger partial charge in [0, 0.05) is 18.8 Å². The number of amides is 1. The third-order valence-electron chi connectivity index (χ3n) is 3.31. The van der Waals surface area contributed by atoms with Gasteiger partial charge in [-0.2, -0.15) is 0 Å².